The molecule has 3 aromatic rings. The second-order valence-electron chi connectivity index (χ2n) is 5.47. The lowest BCUT2D eigenvalue weighted by Gasteiger charge is -2.06. The highest BCUT2D eigenvalue weighted by molar-refractivity contribution is 7.19. The Balaban J connectivity index is 0.00000156. The lowest BCUT2D eigenvalue weighted by atomic mass is 10.1. The van der Waals surface area contributed by atoms with Crippen LogP contribution in [0.5, 0.6) is 0 Å². The third kappa shape index (κ3) is 4.99. The van der Waals surface area contributed by atoms with Gasteiger partial charge in [-0.05, 0) is 49.1 Å². The van der Waals surface area contributed by atoms with E-state index in [1.807, 2.05) is 12.1 Å². The molecule has 138 valence electrons. The summed E-state index contributed by atoms with van der Waals surface area (Å²) in [5, 5.41) is 3.53. The van der Waals surface area contributed by atoms with Crippen LogP contribution in [0.1, 0.15) is 29.5 Å². The minimum Gasteiger partial charge on any atom is -0.467 e. The number of aromatic nitrogens is 2. The fourth-order valence-corrected chi connectivity index (χ4v) is 3.86. The second kappa shape index (κ2) is 9.59. The highest BCUT2D eigenvalue weighted by atomic mass is 35.5. The molecule has 3 heterocycles. The molecule has 0 fully saturated rings. The van der Waals surface area contributed by atoms with E-state index >= 15 is 0 Å². The van der Waals surface area contributed by atoms with Crippen LogP contribution in [0.25, 0.3) is 10.2 Å². The number of hydrogen-bond acceptors (Lipinski definition) is 6. The average Bonchev–Trinajstić information content (AvgIpc) is 3.15. The van der Waals surface area contributed by atoms with Crippen molar-refractivity contribution < 1.29 is 4.42 Å². The minimum absolute atomic E-state index is 0. The van der Waals surface area contributed by atoms with Gasteiger partial charge in [0.05, 0.1) is 23.0 Å². The Hall–Kier alpha value is -1.05. The number of nitrogens with one attached hydrogen (secondary N) is 1. The second-order valence-corrected chi connectivity index (χ2v) is 6.92. The third-order valence-corrected chi connectivity index (χ3v) is 5.30. The first-order chi connectivity index (χ1) is 11.1. The number of halogens is 3. The molecule has 0 saturated carbocycles. The van der Waals surface area contributed by atoms with Gasteiger partial charge in [-0.15, -0.1) is 36.2 Å². The van der Waals surface area contributed by atoms with Crippen molar-refractivity contribution in [3.05, 3.63) is 39.9 Å². The van der Waals surface area contributed by atoms with Gasteiger partial charge < -0.3 is 15.5 Å². The van der Waals surface area contributed by atoms with Crippen LogP contribution in [0.2, 0.25) is 5.28 Å². The number of nitrogens with zero attached hydrogens (tertiary/aromatic N) is 2. The summed E-state index contributed by atoms with van der Waals surface area (Å²) in [6.45, 7) is 4.72. The lowest BCUT2D eigenvalue weighted by molar-refractivity contribution is 0.518. The van der Waals surface area contributed by atoms with E-state index in [4.69, 9.17) is 21.8 Å². The summed E-state index contributed by atoms with van der Waals surface area (Å²) in [4.78, 5) is 9.97. The largest absolute Gasteiger partial charge is 0.467 e. The number of rotatable bonds is 6. The summed E-state index contributed by atoms with van der Waals surface area (Å²) in [6.07, 6.45) is 3.45. The maximum Gasteiger partial charge on any atom is 0.224 e. The van der Waals surface area contributed by atoms with E-state index < -0.39 is 0 Å². The summed E-state index contributed by atoms with van der Waals surface area (Å²) in [6, 6.07) is 3.93. The van der Waals surface area contributed by atoms with Crippen molar-refractivity contribution >= 4 is 63.8 Å². The van der Waals surface area contributed by atoms with E-state index in [-0.39, 0.29) is 36.1 Å². The Kier molecular flexibility index (Phi) is 8.44. The van der Waals surface area contributed by atoms with Gasteiger partial charge in [0.15, 0.2) is 0 Å². The minimum atomic E-state index is 0. The molecule has 1 atom stereocenters. The SMILES string of the molecule is CC[C@H](N)Cc1sc2c(NCc3ccco3)nc(Cl)nc2c1C.Cl.Cl. The van der Waals surface area contributed by atoms with Gasteiger partial charge in [-0.2, -0.15) is 4.98 Å². The molecule has 0 unspecified atom stereocenters. The number of nitrogens with two attached hydrogens (primary N) is 1. The Bertz CT molecular complexity index is 807. The fourth-order valence-electron chi connectivity index (χ4n) is 2.39. The molecule has 3 rings (SSSR count). The zero-order chi connectivity index (χ0) is 16.4. The zero-order valence-corrected chi connectivity index (χ0v) is 17.1. The molecule has 5 nitrogen and oxygen atoms in total. The van der Waals surface area contributed by atoms with Crippen molar-refractivity contribution in [2.75, 3.05) is 5.32 Å². The lowest BCUT2D eigenvalue weighted by Crippen LogP contribution is -2.21. The van der Waals surface area contributed by atoms with Crippen LogP contribution in [-0.4, -0.2) is 16.0 Å². The van der Waals surface area contributed by atoms with E-state index in [1.54, 1.807) is 17.6 Å². The van der Waals surface area contributed by atoms with Crippen LogP contribution in [0, 0.1) is 6.92 Å². The molecule has 0 amide bonds. The smallest absolute Gasteiger partial charge is 0.224 e. The Morgan fingerprint density at radius 2 is 2.12 bits per heavy atom. The predicted octanol–water partition coefficient (Wildman–Crippen LogP) is 4.98. The molecule has 0 bridgehead atoms. The molecule has 0 aromatic carbocycles. The molecule has 0 spiro atoms. The molecule has 3 aromatic heterocycles. The average molecular weight is 424 g/mol. The topological polar surface area (TPSA) is 77.0 Å². The molecule has 25 heavy (non-hydrogen) atoms. The van der Waals surface area contributed by atoms with E-state index in [0.29, 0.717) is 6.54 Å². The first-order valence-corrected chi connectivity index (χ1v) is 8.75. The summed E-state index contributed by atoms with van der Waals surface area (Å²) in [5.74, 6) is 1.58. The van der Waals surface area contributed by atoms with Crippen LogP contribution in [0.15, 0.2) is 22.8 Å². The summed E-state index contributed by atoms with van der Waals surface area (Å²) in [5.41, 5.74) is 8.14. The van der Waals surface area contributed by atoms with Crippen molar-refractivity contribution in [3.8, 4) is 0 Å². The molecule has 0 aliphatic carbocycles. The maximum atomic E-state index is 6.10. The molecule has 9 heteroatoms. The monoisotopic (exact) mass is 422 g/mol. The van der Waals surface area contributed by atoms with Crippen LogP contribution in [0.3, 0.4) is 0 Å². The number of hydrogen-bond donors (Lipinski definition) is 2. The molecule has 0 radical (unpaired) electrons. The van der Waals surface area contributed by atoms with Gasteiger partial charge in [0.25, 0.3) is 0 Å². The van der Waals surface area contributed by atoms with Crippen molar-refractivity contribution in [1.82, 2.24) is 9.97 Å². The number of fused-ring (bicyclic) bond motifs is 1. The molecule has 0 aliphatic heterocycles. The van der Waals surface area contributed by atoms with Crippen molar-refractivity contribution in [2.45, 2.75) is 39.3 Å². The Morgan fingerprint density at radius 3 is 2.76 bits per heavy atom. The molecule has 3 N–H and O–H groups in total. The van der Waals surface area contributed by atoms with Gasteiger partial charge in [0.2, 0.25) is 5.28 Å². The fraction of sp³-hybridized carbons (Fsp3) is 0.375. The van der Waals surface area contributed by atoms with Gasteiger partial charge in [-0.1, -0.05) is 6.92 Å². The standard InChI is InChI=1S/C16H19ClN4OS.2ClH/c1-3-10(18)7-12-9(2)13-14(23-12)15(21-16(17)20-13)19-8-11-5-4-6-22-11;;/h4-6,10H,3,7-8,18H2,1-2H3,(H,19,20,21);2*1H/t10-;;/m0../s1. The van der Waals surface area contributed by atoms with Crippen molar-refractivity contribution in [3.63, 3.8) is 0 Å². The number of aryl methyl sites for hydroxylation is 1. The molecular weight excluding hydrogens is 403 g/mol. The van der Waals surface area contributed by atoms with Crippen LogP contribution in [-0.2, 0) is 13.0 Å². The van der Waals surface area contributed by atoms with Gasteiger partial charge in [0.1, 0.15) is 11.6 Å². The Labute approximate surface area is 168 Å². The van der Waals surface area contributed by atoms with E-state index in [0.717, 1.165) is 40.2 Å². The van der Waals surface area contributed by atoms with Gasteiger partial charge >= 0.3 is 0 Å². The van der Waals surface area contributed by atoms with Gasteiger partial charge in [-0.25, -0.2) is 4.98 Å². The zero-order valence-electron chi connectivity index (χ0n) is 13.9. The molecule has 0 saturated heterocycles. The Morgan fingerprint density at radius 1 is 1.36 bits per heavy atom. The highest BCUT2D eigenvalue weighted by Crippen LogP contribution is 2.35. The number of thiophene rings is 1. The first-order valence-electron chi connectivity index (χ1n) is 7.55. The predicted molar refractivity (Wildman–Crippen MR) is 110 cm³/mol. The van der Waals surface area contributed by atoms with Crippen LogP contribution < -0.4 is 11.1 Å². The summed E-state index contributed by atoms with van der Waals surface area (Å²) < 4.78 is 6.35. The van der Waals surface area contributed by atoms with Crippen LogP contribution >= 0.6 is 47.8 Å². The van der Waals surface area contributed by atoms with E-state index in [9.17, 15) is 0 Å². The first kappa shape index (κ1) is 22.0. The maximum absolute atomic E-state index is 6.10. The van der Waals surface area contributed by atoms with Crippen LogP contribution in [0.4, 0.5) is 5.82 Å². The van der Waals surface area contributed by atoms with Crippen molar-refractivity contribution in [1.29, 1.82) is 0 Å². The van der Waals surface area contributed by atoms with E-state index in [2.05, 4.69) is 29.1 Å². The number of furan rings is 1. The highest BCUT2D eigenvalue weighted by Gasteiger charge is 2.17. The quantitative estimate of drug-likeness (QED) is 0.547. The summed E-state index contributed by atoms with van der Waals surface area (Å²) in [7, 11) is 0. The van der Waals surface area contributed by atoms with E-state index in [1.165, 1.54) is 4.88 Å². The van der Waals surface area contributed by atoms with Gasteiger partial charge in [0, 0.05) is 10.9 Å². The molecule has 0 aliphatic rings. The third-order valence-electron chi connectivity index (χ3n) is 3.82. The summed E-state index contributed by atoms with van der Waals surface area (Å²) >= 11 is 7.78. The molecular formula is C16H21Cl3N4OS. The van der Waals surface area contributed by atoms with Crippen molar-refractivity contribution in [2.24, 2.45) is 5.73 Å². The normalized spacial score (nSPS) is 11.7. The number of anilines is 1. The van der Waals surface area contributed by atoms with Gasteiger partial charge in [-0.3, -0.25) is 0 Å².